The summed E-state index contributed by atoms with van der Waals surface area (Å²) in [6.07, 6.45) is -1.26. The molecule has 0 amide bonds. The highest BCUT2D eigenvalue weighted by Gasteiger charge is 2.39. The van der Waals surface area contributed by atoms with E-state index >= 15 is 0 Å². The maximum atomic E-state index is 13.7. The van der Waals surface area contributed by atoms with Crippen LogP contribution in [0.2, 0.25) is 0 Å². The third-order valence-electron chi connectivity index (χ3n) is 2.82. The van der Waals surface area contributed by atoms with Crippen LogP contribution in [-0.4, -0.2) is 17.4 Å². The third-order valence-corrected chi connectivity index (χ3v) is 2.82. The molecule has 0 aromatic heterocycles. The number of hydrogen-bond acceptors (Lipinski definition) is 1. The second kappa shape index (κ2) is 3.95. The first-order chi connectivity index (χ1) is 5.63. The van der Waals surface area contributed by atoms with Crippen LogP contribution in [0.4, 0.5) is 4.39 Å². The fraction of sp³-hybridized carbons (Fsp3) is 1.00. The normalized spacial score (nSPS) is 18.5. The number of aliphatic hydroxyl groups excluding tert-OH is 1. The lowest BCUT2D eigenvalue weighted by Crippen LogP contribution is -2.43. The first-order valence-electron chi connectivity index (χ1n) is 4.95. The fourth-order valence-corrected chi connectivity index (χ4v) is 1.08. The van der Waals surface area contributed by atoms with Crippen LogP contribution >= 0.6 is 0 Å². The van der Waals surface area contributed by atoms with Crippen molar-refractivity contribution >= 4 is 0 Å². The summed E-state index contributed by atoms with van der Waals surface area (Å²) >= 11 is 0. The lowest BCUT2D eigenvalue weighted by molar-refractivity contribution is -0.0565. The van der Waals surface area contributed by atoms with Crippen molar-refractivity contribution in [1.29, 1.82) is 0 Å². The minimum Gasteiger partial charge on any atom is -0.390 e. The summed E-state index contributed by atoms with van der Waals surface area (Å²) in [5.41, 5.74) is -0.821. The van der Waals surface area contributed by atoms with E-state index < -0.39 is 17.7 Å². The molecule has 0 rings (SSSR count). The van der Waals surface area contributed by atoms with Crippen molar-refractivity contribution in [2.75, 3.05) is 0 Å². The molecule has 0 fully saturated rings. The van der Waals surface area contributed by atoms with E-state index in [0.717, 1.165) is 6.42 Å². The molecule has 0 aliphatic heterocycles. The van der Waals surface area contributed by atoms with Crippen LogP contribution in [0.1, 0.15) is 48.0 Å². The summed E-state index contributed by atoms with van der Waals surface area (Å²) in [6.45, 7) is 11.2. The Bertz CT molecular complexity index is 158. The molecule has 0 aromatic carbocycles. The van der Waals surface area contributed by atoms with Gasteiger partial charge in [-0.25, -0.2) is 4.39 Å². The quantitative estimate of drug-likeness (QED) is 0.724. The van der Waals surface area contributed by atoms with Crippen molar-refractivity contribution < 1.29 is 9.50 Å². The van der Waals surface area contributed by atoms with E-state index in [1.165, 1.54) is 0 Å². The Balaban J connectivity index is 4.52. The molecule has 2 heteroatoms. The van der Waals surface area contributed by atoms with Gasteiger partial charge in [-0.15, -0.1) is 0 Å². The Morgan fingerprint density at radius 3 is 1.77 bits per heavy atom. The number of halogens is 1. The Kier molecular flexibility index (Phi) is 3.92. The molecule has 0 aliphatic rings. The van der Waals surface area contributed by atoms with Crippen LogP contribution < -0.4 is 0 Å². The molecule has 2 atom stereocenters. The highest BCUT2D eigenvalue weighted by Crippen LogP contribution is 2.35. The monoisotopic (exact) mass is 190 g/mol. The van der Waals surface area contributed by atoms with E-state index in [0.29, 0.717) is 0 Å². The molecule has 13 heavy (non-hydrogen) atoms. The summed E-state index contributed by atoms with van der Waals surface area (Å²) in [5.74, 6) is 0. The van der Waals surface area contributed by atoms with E-state index in [2.05, 4.69) is 0 Å². The van der Waals surface area contributed by atoms with Crippen LogP contribution in [0.15, 0.2) is 0 Å². The summed E-state index contributed by atoms with van der Waals surface area (Å²) in [7, 11) is 0. The van der Waals surface area contributed by atoms with Gasteiger partial charge in [0.2, 0.25) is 0 Å². The lowest BCUT2D eigenvalue weighted by Gasteiger charge is -2.37. The summed E-state index contributed by atoms with van der Waals surface area (Å²) in [4.78, 5) is 0. The molecule has 0 bridgehead atoms. The van der Waals surface area contributed by atoms with Crippen LogP contribution in [0, 0.1) is 10.8 Å². The predicted octanol–water partition coefficient (Wildman–Crippen LogP) is 3.17. The van der Waals surface area contributed by atoms with Gasteiger partial charge in [-0.1, -0.05) is 41.5 Å². The maximum absolute atomic E-state index is 13.7. The SMILES string of the molecule is CCC(C)(C)C(O)C(F)C(C)(C)C. The highest BCUT2D eigenvalue weighted by molar-refractivity contribution is 4.88. The maximum Gasteiger partial charge on any atom is 0.131 e. The average molecular weight is 190 g/mol. The molecular weight excluding hydrogens is 167 g/mol. The van der Waals surface area contributed by atoms with Gasteiger partial charge in [0, 0.05) is 0 Å². The molecule has 2 unspecified atom stereocenters. The van der Waals surface area contributed by atoms with Crippen molar-refractivity contribution in [1.82, 2.24) is 0 Å². The van der Waals surface area contributed by atoms with Crippen LogP contribution in [0.5, 0.6) is 0 Å². The molecule has 0 saturated carbocycles. The number of alkyl halides is 1. The van der Waals surface area contributed by atoms with Gasteiger partial charge in [0.05, 0.1) is 6.10 Å². The molecule has 0 radical (unpaired) electrons. The topological polar surface area (TPSA) is 20.2 Å². The second-order valence-electron chi connectivity index (χ2n) is 5.55. The second-order valence-corrected chi connectivity index (χ2v) is 5.55. The largest absolute Gasteiger partial charge is 0.390 e. The predicted molar refractivity (Wildman–Crippen MR) is 54.4 cm³/mol. The highest BCUT2D eigenvalue weighted by atomic mass is 19.1. The molecule has 1 nitrogen and oxygen atoms in total. The zero-order valence-electron chi connectivity index (χ0n) is 9.69. The van der Waals surface area contributed by atoms with Gasteiger partial charge in [0.25, 0.3) is 0 Å². The minimum atomic E-state index is -1.16. The van der Waals surface area contributed by atoms with E-state index in [-0.39, 0.29) is 5.41 Å². The van der Waals surface area contributed by atoms with Crippen LogP contribution in [-0.2, 0) is 0 Å². The molecular formula is C11H23FO. The fourth-order valence-electron chi connectivity index (χ4n) is 1.08. The molecule has 0 spiro atoms. The Morgan fingerprint density at radius 2 is 1.54 bits per heavy atom. The first kappa shape index (κ1) is 12.9. The standard InChI is InChI=1S/C11H23FO/c1-7-11(5,6)9(13)8(12)10(2,3)4/h8-9,13H,7H2,1-6H3. The average Bonchev–Trinajstić information content (AvgIpc) is 2.00. The third kappa shape index (κ3) is 3.26. The van der Waals surface area contributed by atoms with E-state index in [1.54, 1.807) is 0 Å². The minimum absolute atomic E-state index is 0.341. The van der Waals surface area contributed by atoms with Crippen molar-refractivity contribution in [2.24, 2.45) is 10.8 Å². The van der Waals surface area contributed by atoms with Gasteiger partial charge in [-0.05, 0) is 17.3 Å². The van der Waals surface area contributed by atoms with Crippen molar-refractivity contribution in [3.8, 4) is 0 Å². The van der Waals surface area contributed by atoms with Crippen LogP contribution in [0.25, 0.3) is 0 Å². The van der Waals surface area contributed by atoms with E-state index in [9.17, 15) is 9.50 Å². The zero-order valence-corrected chi connectivity index (χ0v) is 9.69. The zero-order chi connectivity index (χ0) is 10.9. The lowest BCUT2D eigenvalue weighted by atomic mass is 9.75. The smallest absolute Gasteiger partial charge is 0.131 e. The van der Waals surface area contributed by atoms with Crippen molar-refractivity contribution in [2.45, 2.75) is 60.2 Å². The van der Waals surface area contributed by atoms with Crippen molar-refractivity contribution in [3.05, 3.63) is 0 Å². The Hall–Kier alpha value is -0.110. The molecule has 0 aromatic rings. The van der Waals surface area contributed by atoms with Gasteiger partial charge >= 0.3 is 0 Å². The molecule has 1 N–H and O–H groups in total. The Labute approximate surface area is 81.3 Å². The van der Waals surface area contributed by atoms with Gasteiger partial charge in [0.15, 0.2) is 0 Å². The number of rotatable bonds is 3. The summed E-state index contributed by atoms with van der Waals surface area (Å²) < 4.78 is 13.7. The number of hydrogen-bond donors (Lipinski definition) is 1. The van der Waals surface area contributed by atoms with Gasteiger partial charge < -0.3 is 5.11 Å². The first-order valence-corrected chi connectivity index (χ1v) is 4.95. The molecule has 0 heterocycles. The molecule has 80 valence electrons. The van der Waals surface area contributed by atoms with E-state index in [1.807, 2.05) is 41.5 Å². The van der Waals surface area contributed by atoms with Gasteiger partial charge in [-0.3, -0.25) is 0 Å². The van der Waals surface area contributed by atoms with Gasteiger partial charge in [-0.2, -0.15) is 0 Å². The van der Waals surface area contributed by atoms with Crippen molar-refractivity contribution in [3.63, 3.8) is 0 Å². The molecule has 0 aliphatic carbocycles. The van der Waals surface area contributed by atoms with Crippen LogP contribution in [0.3, 0.4) is 0 Å². The van der Waals surface area contributed by atoms with E-state index in [4.69, 9.17) is 0 Å². The molecule has 0 saturated heterocycles. The number of aliphatic hydroxyl groups is 1. The Morgan fingerprint density at radius 1 is 1.15 bits per heavy atom. The summed E-state index contributed by atoms with van der Waals surface area (Å²) in [6, 6.07) is 0. The summed E-state index contributed by atoms with van der Waals surface area (Å²) in [5, 5.41) is 9.81. The van der Waals surface area contributed by atoms with Gasteiger partial charge in [0.1, 0.15) is 6.17 Å².